The van der Waals surface area contributed by atoms with Crippen molar-refractivity contribution in [2.24, 2.45) is 0 Å². The second kappa shape index (κ2) is 3.92. The molecule has 0 radical (unpaired) electrons. The summed E-state index contributed by atoms with van der Waals surface area (Å²) in [4.78, 5) is 7.12. The second-order valence-electron chi connectivity index (χ2n) is 3.76. The number of thiazole rings is 1. The molecule has 0 unspecified atom stereocenters. The van der Waals surface area contributed by atoms with Crippen LogP contribution in [-0.2, 0) is 6.42 Å². The van der Waals surface area contributed by atoms with Crippen LogP contribution < -0.4 is 0 Å². The fraction of sp³-hybridized carbons (Fsp3) is 0.0833. The summed E-state index contributed by atoms with van der Waals surface area (Å²) in [5.74, 6) is -0.803. The lowest BCUT2D eigenvalue weighted by Gasteiger charge is -2.01. The van der Waals surface area contributed by atoms with E-state index in [2.05, 4.69) is 9.97 Å². The van der Waals surface area contributed by atoms with E-state index in [0.717, 1.165) is 28.0 Å². The van der Waals surface area contributed by atoms with Gasteiger partial charge in [0.1, 0.15) is 17.3 Å². The Labute approximate surface area is 99.9 Å². The summed E-state index contributed by atoms with van der Waals surface area (Å²) in [6.45, 7) is 0. The summed E-state index contributed by atoms with van der Waals surface area (Å²) in [6, 6.07) is 3.51. The van der Waals surface area contributed by atoms with Gasteiger partial charge in [-0.25, -0.2) is 13.8 Å². The van der Waals surface area contributed by atoms with Crippen molar-refractivity contribution in [3.05, 3.63) is 52.7 Å². The number of hydrogen-bond acceptors (Lipinski definition) is 2. The minimum atomic E-state index is -0.419. The Kier molecular flexibility index (Phi) is 2.40. The van der Waals surface area contributed by atoms with Crippen molar-refractivity contribution in [2.45, 2.75) is 6.42 Å². The monoisotopic (exact) mass is 250 g/mol. The Bertz CT molecular complexity index is 672. The molecule has 86 valence electrons. The number of halogens is 2. The molecule has 0 amide bonds. The van der Waals surface area contributed by atoms with E-state index in [-0.39, 0.29) is 5.82 Å². The lowest BCUT2D eigenvalue weighted by Crippen LogP contribution is -1.92. The highest BCUT2D eigenvalue weighted by atomic mass is 32.1. The van der Waals surface area contributed by atoms with Crippen LogP contribution in [-0.4, -0.2) is 9.97 Å². The van der Waals surface area contributed by atoms with Crippen LogP contribution in [0.4, 0.5) is 8.78 Å². The molecule has 5 heteroatoms. The second-order valence-corrected chi connectivity index (χ2v) is 4.61. The maximum atomic E-state index is 13.5. The number of rotatable bonds is 2. The van der Waals surface area contributed by atoms with Crippen LogP contribution in [0.2, 0.25) is 0 Å². The Morgan fingerprint density at radius 3 is 3.00 bits per heavy atom. The van der Waals surface area contributed by atoms with Crippen LogP contribution in [0.25, 0.3) is 10.3 Å². The van der Waals surface area contributed by atoms with E-state index in [1.54, 1.807) is 11.7 Å². The smallest absolute Gasteiger partial charge is 0.148 e. The van der Waals surface area contributed by atoms with E-state index in [0.29, 0.717) is 12.0 Å². The third kappa shape index (κ3) is 1.82. The van der Waals surface area contributed by atoms with Crippen LogP contribution in [0, 0.1) is 11.6 Å². The van der Waals surface area contributed by atoms with Crippen molar-refractivity contribution in [3.8, 4) is 0 Å². The molecule has 0 aliphatic rings. The van der Waals surface area contributed by atoms with E-state index < -0.39 is 5.82 Å². The summed E-state index contributed by atoms with van der Waals surface area (Å²) >= 11 is 1.49. The summed E-state index contributed by atoms with van der Waals surface area (Å²) in [7, 11) is 0. The predicted octanol–water partition coefficient (Wildman–Crippen LogP) is 3.49. The summed E-state index contributed by atoms with van der Waals surface area (Å²) in [6.07, 6.45) is 2.16. The molecule has 1 N–H and O–H groups in total. The van der Waals surface area contributed by atoms with Gasteiger partial charge in [0, 0.05) is 12.6 Å². The molecule has 17 heavy (non-hydrogen) atoms. The third-order valence-electron chi connectivity index (χ3n) is 2.63. The average Bonchev–Trinajstić information content (AvgIpc) is 2.88. The van der Waals surface area contributed by atoms with Gasteiger partial charge in [0.15, 0.2) is 0 Å². The first-order valence-corrected chi connectivity index (χ1v) is 5.95. The largest absolute Gasteiger partial charge is 0.345 e. The highest BCUT2D eigenvalue weighted by molar-refractivity contribution is 7.16. The normalized spacial score (nSPS) is 11.2. The molecule has 0 aliphatic heterocycles. The molecular formula is C12H8F2N2S. The van der Waals surface area contributed by atoms with E-state index in [4.69, 9.17) is 0 Å². The van der Waals surface area contributed by atoms with Gasteiger partial charge in [0.2, 0.25) is 0 Å². The van der Waals surface area contributed by atoms with Crippen molar-refractivity contribution < 1.29 is 8.78 Å². The molecule has 3 rings (SSSR count). The SMILES string of the molecule is Fc1ccc(F)c(Cc2c[nH]c3ncsc23)c1. The minimum Gasteiger partial charge on any atom is -0.345 e. The van der Waals surface area contributed by atoms with Crippen molar-refractivity contribution in [2.75, 3.05) is 0 Å². The van der Waals surface area contributed by atoms with Crippen molar-refractivity contribution >= 4 is 21.7 Å². The minimum absolute atomic E-state index is 0.360. The maximum absolute atomic E-state index is 13.5. The molecule has 0 saturated carbocycles. The molecule has 1 aromatic carbocycles. The molecule has 0 aliphatic carbocycles. The van der Waals surface area contributed by atoms with Gasteiger partial charge in [-0.1, -0.05) is 0 Å². The van der Waals surface area contributed by atoms with Gasteiger partial charge in [-0.05, 0) is 29.3 Å². The lowest BCUT2D eigenvalue weighted by molar-refractivity contribution is 0.589. The van der Waals surface area contributed by atoms with Crippen molar-refractivity contribution in [1.29, 1.82) is 0 Å². The van der Waals surface area contributed by atoms with Crippen LogP contribution >= 0.6 is 11.3 Å². The van der Waals surface area contributed by atoms with Gasteiger partial charge in [-0.3, -0.25) is 0 Å². The molecule has 0 spiro atoms. The van der Waals surface area contributed by atoms with Crippen molar-refractivity contribution in [1.82, 2.24) is 9.97 Å². The zero-order valence-electron chi connectivity index (χ0n) is 8.71. The molecule has 3 aromatic rings. The first-order chi connectivity index (χ1) is 8.24. The standard InChI is InChI=1S/C12H8F2N2S/c13-9-1-2-10(14)7(4-9)3-8-5-15-12-11(8)17-6-16-12/h1-2,4-6,15H,3H2. The van der Waals surface area contributed by atoms with Gasteiger partial charge >= 0.3 is 0 Å². The Morgan fingerprint density at radius 1 is 1.24 bits per heavy atom. The number of hydrogen-bond donors (Lipinski definition) is 1. The average molecular weight is 250 g/mol. The van der Waals surface area contributed by atoms with E-state index >= 15 is 0 Å². The number of fused-ring (bicyclic) bond motifs is 1. The number of aromatic nitrogens is 2. The number of H-pyrrole nitrogens is 1. The number of nitrogens with zero attached hydrogens (tertiary/aromatic N) is 1. The quantitative estimate of drug-likeness (QED) is 0.741. The van der Waals surface area contributed by atoms with Gasteiger partial charge in [-0.15, -0.1) is 11.3 Å². The number of nitrogens with one attached hydrogen (secondary N) is 1. The highest BCUT2D eigenvalue weighted by Crippen LogP contribution is 2.25. The van der Waals surface area contributed by atoms with Crippen LogP contribution in [0.3, 0.4) is 0 Å². The molecule has 2 heterocycles. The first-order valence-electron chi connectivity index (χ1n) is 5.07. The Hall–Kier alpha value is -1.75. The molecule has 0 fully saturated rings. The van der Waals surface area contributed by atoms with Crippen molar-refractivity contribution in [3.63, 3.8) is 0 Å². The van der Waals surface area contributed by atoms with Gasteiger partial charge < -0.3 is 4.98 Å². The van der Waals surface area contributed by atoms with E-state index in [1.165, 1.54) is 17.4 Å². The molecule has 2 aromatic heterocycles. The molecule has 0 bridgehead atoms. The van der Waals surface area contributed by atoms with E-state index in [9.17, 15) is 8.78 Å². The van der Waals surface area contributed by atoms with Crippen LogP contribution in [0.15, 0.2) is 29.9 Å². The maximum Gasteiger partial charge on any atom is 0.148 e. The first kappa shape index (κ1) is 10.4. The Balaban J connectivity index is 2.02. The summed E-state index contributed by atoms with van der Waals surface area (Å²) < 4.78 is 27.5. The zero-order chi connectivity index (χ0) is 11.8. The lowest BCUT2D eigenvalue weighted by atomic mass is 10.1. The molecular weight excluding hydrogens is 242 g/mol. The molecule has 0 saturated heterocycles. The van der Waals surface area contributed by atoms with Gasteiger partial charge in [-0.2, -0.15) is 0 Å². The molecule has 2 nitrogen and oxygen atoms in total. The predicted molar refractivity (Wildman–Crippen MR) is 63.1 cm³/mol. The number of aromatic amines is 1. The zero-order valence-corrected chi connectivity index (χ0v) is 9.52. The highest BCUT2D eigenvalue weighted by Gasteiger charge is 2.10. The van der Waals surface area contributed by atoms with E-state index in [1.807, 2.05) is 0 Å². The summed E-state index contributed by atoms with van der Waals surface area (Å²) in [5.41, 5.74) is 3.82. The summed E-state index contributed by atoms with van der Waals surface area (Å²) in [5, 5.41) is 0. The number of benzene rings is 1. The van der Waals surface area contributed by atoms with Gasteiger partial charge in [0.05, 0.1) is 10.2 Å². The fourth-order valence-corrected chi connectivity index (χ4v) is 2.58. The molecule has 0 atom stereocenters. The topological polar surface area (TPSA) is 28.7 Å². The van der Waals surface area contributed by atoms with Gasteiger partial charge in [0.25, 0.3) is 0 Å². The third-order valence-corrected chi connectivity index (χ3v) is 3.53. The van der Waals surface area contributed by atoms with Crippen LogP contribution in [0.5, 0.6) is 0 Å². The Morgan fingerprint density at radius 2 is 2.12 bits per heavy atom. The van der Waals surface area contributed by atoms with Crippen LogP contribution in [0.1, 0.15) is 11.1 Å². The fourth-order valence-electron chi connectivity index (χ4n) is 1.81.